The molecule has 3 rings (SSSR count). The highest BCUT2D eigenvalue weighted by atomic mass is 16.3. The Balaban J connectivity index is 1.91. The summed E-state index contributed by atoms with van der Waals surface area (Å²) in [6.07, 6.45) is 1.65. The lowest BCUT2D eigenvalue weighted by molar-refractivity contribution is 0.476. The van der Waals surface area contributed by atoms with Gasteiger partial charge in [-0.15, -0.1) is 0 Å². The monoisotopic (exact) mass is 254 g/mol. The number of aryl methyl sites for hydroxylation is 1. The SMILES string of the molecule is Cc1cc(NCc2ccco2)nc2cc(O)ccc12. The number of rotatable bonds is 3. The summed E-state index contributed by atoms with van der Waals surface area (Å²) in [6.45, 7) is 2.61. The lowest BCUT2D eigenvalue weighted by Gasteiger charge is -2.08. The van der Waals surface area contributed by atoms with E-state index in [9.17, 15) is 5.11 Å². The van der Waals surface area contributed by atoms with Gasteiger partial charge in [-0.25, -0.2) is 4.98 Å². The largest absolute Gasteiger partial charge is 0.508 e. The number of hydrogen-bond acceptors (Lipinski definition) is 4. The van der Waals surface area contributed by atoms with E-state index in [1.54, 1.807) is 18.4 Å². The fraction of sp³-hybridized carbons (Fsp3) is 0.133. The summed E-state index contributed by atoms with van der Waals surface area (Å²) in [7, 11) is 0. The molecule has 1 aromatic carbocycles. The Morgan fingerprint density at radius 1 is 1.26 bits per heavy atom. The van der Waals surface area contributed by atoms with Crippen molar-refractivity contribution in [1.82, 2.24) is 4.98 Å². The molecule has 0 fully saturated rings. The van der Waals surface area contributed by atoms with Crippen molar-refractivity contribution < 1.29 is 9.52 Å². The molecular formula is C15H14N2O2. The molecule has 0 saturated heterocycles. The van der Waals surface area contributed by atoms with Crippen LogP contribution in [-0.4, -0.2) is 10.1 Å². The van der Waals surface area contributed by atoms with E-state index in [0.717, 1.165) is 28.0 Å². The Bertz CT molecular complexity index is 705. The molecule has 0 amide bonds. The minimum absolute atomic E-state index is 0.225. The van der Waals surface area contributed by atoms with E-state index in [4.69, 9.17) is 4.42 Å². The van der Waals surface area contributed by atoms with E-state index >= 15 is 0 Å². The number of benzene rings is 1. The minimum atomic E-state index is 0.225. The first-order valence-corrected chi connectivity index (χ1v) is 6.09. The Morgan fingerprint density at radius 2 is 2.16 bits per heavy atom. The molecule has 0 atom stereocenters. The smallest absolute Gasteiger partial charge is 0.127 e. The van der Waals surface area contributed by atoms with Crippen LogP contribution in [0.25, 0.3) is 10.9 Å². The zero-order chi connectivity index (χ0) is 13.2. The van der Waals surface area contributed by atoms with Crippen molar-refractivity contribution >= 4 is 16.7 Å². The quantitative estimate of drug-likeness (QED) is 0.751. The topological polar surface area (TPSA) is 58.3 Å². The maximum absolute atomic E-state index is 9.52. The number of fused-ring (bicyclic) bond motifs is 1. The van der Waals surface area contributed by atoms with Gasteiger partial charge in [0.15, 0.2) is 0 Å². The first-order valence-electron chi connectivity index (χ1n) is 6.09. The number of aromatic nitrogens is 1. The second-order valence-electron chi connectivity index (χ2n) is 4.46. The molecule has 4 nitrogen and oxygen atoms in total. The van der Waals surface area contributed by atoms with E-state index in [2.05, 4.69) is 10.3 Å². The highest BCUT2D eigenvalue weighted by Crippen LogP contribution is 2.24. The highest BCUT2D eigenvalue weighted by Gasteiger charge is 2.04. The van der Waals surface area contributed by atoms with Crippen LogP contribution >= 0.6 is 0 Å². The summed E-state index contributed by atoms with van der Waals surface area (Å²) < 4.78 is 5.26. The number of aromatic hydroxyl groups is 1. The van der Waals surface area contributed by atoms with Gasteiger partial charge in [-0.1, -0.05) is 0 Å². The van der Waals surface area contributed by atoms with E-state index in [1.165, 1.54) is 0 Å². The van der Waals surface area contributed by atoms with Crippen LogP contribution in [0.3, 0.4) is 0 Å². The molecule has 0 bridgehead atoms. The lowest BCUT2D eigenvalue weighted by Crippen LogP contribution is -2.01. The van der Waals surface area contributed by atoms with Crippen LogP contribution in [0, 0.1) is 6.92 Å². The number of furan rings is 1. The van der Waals surface area contributed by atoms with Crippen molar-refractivity contribution in [3.05, 3.63) is 54.0 Å². The number of nitrogens with zero attached hydrogens (tertiary/aromatic N) is 1. The molecule has 0 aliphatic carbocycles. The molecule has 2 heterocycles. The normalized spacial score (nSPS) is 10.8. The van der Waals surface area contributed by atoms with Gasteiger partial charge in [0, 0.05) is 11.5 Å². The summed E-state index contributed by atoms with van der Waals surface area (Å²) >= 11 is 0. The Labute approximate surface area is 110 Å². The van der Waals surface area contributed by atoms with Gasteiger partial charge in [-0.2, -0.15) is 0 Å². The van der Waals surface area contributed by atoms with Crippen LogP contribution in [0.5, 0.6) is 5.75 Å². The van der Waals surface area contributed by atoms with Crippen LogP contribution in [0.2, 0.25) is 0 Å². The maximum Gasteiger partial charge on any atom is 0.127 e. The number of hydrogen-bond donors (Lipinski definition) is 2. The van der Waals surface area contributed by atoms with Gasteiger partial charge in [-0.3, -0.25) is 0 Å². The summed E-state index contributed by atoms with van der Waals surface area (Å²) in [5, 5.41) is 13.8. The highest BCUT2D eigenvalue weighted by molar-refractivity contribution is 5.84. The number of anilines is 1. The number of nitrogens with one attached hydrogen (secondary N) is 1. The van der Waals surface area contributed by atoms with Crippen molar-refractivity contribution in [3.8, 4) is 5.75 Å². The van der Waals surface area contributed by atoms with Gasteiger partial charge in [0.05, 0.1) is 18.3 Å². The molecule has 0 unspecified atom stereocenters. The van der Waals surface area contributed by atoms with Crippen LogP contribution < -0.4 is 5.32 Å². The molecule has 0 saturated carbocycles. The number of pyridine rings is 1. The Morgan fingerprint density at radius 3 is 2.95 bits per heavy atom. The molecule has 0 spiro atoms. The van der Waals surface area contributed by atoms with Crippen LogP contribution in [-0.2, 0) is 6.54 Å². The lowest BCUT2D eigenvalue weighted by atomic mass is 10.1. The molecule has 2 N–H and O–H groups in total. The maximum atomic E-state index is 9.52. The van der Waals surface area contributed by atoms with Crippen molar-refractivity contribution in [2.45, 2.75) is 13.5 Å². The summed E-state index contributed by atoms with van der Waals surface area (Å²) in [6, 6.07) is 11.0. The van der Waals surface area contributed by atoms with Gasteiger partial charge >= 0.3 is 0 Å². The van der Waals surface area contributed by atoms with Gasteiger partial charge < -0.3 is 14.8 Å². The second-order valence-corrected chi connectivity index (χ2v) is 4.46. The predicted molar refractivity (Wildman–Crippen MR) is 74.2 cm³/mol. The molecule has 0 radical (unpaired) electrons. The zero-order valence-electron chi connectivity index (χ0n) is 10.6. The fourth-order valence-electron chi connectivity index (χ4n) is 2.07. The van der Waals surface area contributed by atoms with Crippen LogP contribution in [0.4, 0.5) is 5.82 Å². The van der Waals surface area contributed by atoms with E-state index in [1.807, 2.05) is 31.2 Å². The first kappa shape index (κ1) is 11.6. The molecular weight excluding hydrogens is 240 g/mol. The van der Waals surface area contributed by atoms with E-state index in [-0.39, 0.29) is 5.75 Å². The molecule has 19 heavy (non-hydrogen) atoms. The molecule has 0 aliphatic heterocycles. The summed E-state index contributed by atoms with van der Waals surface area (Å²) in [5.74, 6) is 1.85. The molecule has 96 valence electrons. The van der Waals surface area contributed by atoms with Crippen molar-refractivity contribution in [2.24, 2.45) is 0 Å². The zero-order valence-corrected chi connectivity index (χ0v) is 10.6. The van der Waals surface area contributed by atoms with Gasteiger partial charge in [0.2, 0.25) is 0 Å². The van der Waals surface area contributed by atoms with Crippen LogP contribution in [0.1, 0.15) is 11.3 Å². The second kappa shape index (κ2) is 4.65. The van der Waals surface area contributed by atoms with Crippen molar-refractivity contribution in [2.75, 3.05) is 5.32 Å². The molecule has 2 aromatic heterocycles. The van der Waals surface area contributed by atoms with E-state index < -0.39 is 0 Å². The number of phenolic OH excluding ortho intramolecular Hbond substituents is 1. The Kier molecular flexibility index (Phi) is 2.83. The van der Waals surface area contributed by atoms with Gasteiger partial charge in [0.25, 0.3) is 0 Å². The van der Waals surface area contributed by atoms with Gasteiger partial charge in [0.1, 0.15) is 17.3 Å². The first-order chi connectivity index (χ1) is 9.22. The van der Waals surface area contributed by atoms with Crippen molar-refractivity contribution in [1.29, 1.82) is 0 Å². The third kappa shape index (κ3) is 2.38. The minimum Gasteiger partial charge on any atom is -0.508 e. The fourth-order valence-corrected chi connectivity index (χ4v) is 2.07. The predicted octanol–water partition coefficient (Wildman–Crippen LogP) is 3.45. The third-order valence-electron chi connectivity index (χ3n) is 3.02. The number of phenols is 1. The molecule has 3 aromatic rings. The average Bonchev–Trinajstić information content (AvgIpc) is 2.89. The summed E-state index contributed by atoms with van der Waals surface area (Å²) in [4.78, 5) is 4.48. The summed E-state index contributed by atoms with van der Waals surface area (Å²) in [5.41, 5.74) is 1.90. The third-order valence-corrected chi connectivity index (χ3v) is 3.02. The molecule has 4 heteroatoms. The molecule has 0 aliphatic rings. The van der Waals surface area contributed by atoms with Crippen LogP contribution in [0.15, 0.2) is 47.1 Å². The standard InChI is InChI=1S/C15H14N2O2/c1-10-7-15(16-9-12-3-2-6-19-12)17-14-8-11(18)4-5-13(10)14/h2-8,18H,9H2,1H3,(H,16,17). The van der Waals surface area contributed by atoms with E-state index in [0.29, 0.717) is 6.54 Å². The Hall–Kier alpha value is -2.49. The average molecular weight is 254 g/mol. The van der Waals surface area contributed by atoms with Gasteiger partial charge in [-0.05, 0) is 42.8 Å². The van der Waals surface area contributed by atoms with Crippen molar-refractivity contribution in [3.63, 3.8) is 0 Å².